The molecule has 3 aromatic rings. The first-order valence-electron chi connectivity index (χ1n) is 9.63. The molecule has 1 atom stereocenters. The van der Waals surface area contributed by atoms with Crippen molar-refractivity contribution in [3.8, 4) is 5.75 Å². The van der Waals surface area contributed by atoms with Crippen molar-refractivity contribution in [1.29, 1.82) is 0 Å². The molecule has 0 aliphatic carbocycles. The van der Waals surface area contributed by atoms with Crippen LogP contribution in [0.5, 0.6) is 5.75 Å². The predicted molar refractivity (Wildman–Crippen MR) is 118 cm³/mol. The van der Waals surface area contributed by atoms with Crippen molar-refractivity contribution in [2.75, 3.05) is 10.6 Å². The van der Waals surface area contributed by atoms with Crippen molar-refractivity contribution >= 4 is 33.5 Å². The number of aryl methyl sites for hydroxylation is 2. The first-order chi connectivity index (χ1) is 15.2. The fourth-order valence-corrected chi connectivity index (χ4v) is 4.05. The molecule has 11 heteroatoms. The lowest BCUT2D eigenvalue weighted by Crippen LogP contribution is -2.32. The highest BCUT2D eigenvalue weighted by Gasteiger charge is 2.36. The summed E-state index contributed by atoms with van der Waals surface area (Å²) in [4.78, 5) is 13.5. The van der Waals surface area contributed by atoms with E-state index in [1.54, 1.807) is 19.1 Å². The van der Waals surface area contributed by atoms with E-state index in [2.05, 4.69) is 42.1 Å². The molecule has 2 heterocycles. The second-order valence-corrected chi connectivity index (χ2v) is 8.26. The zero-order chi connectivity index (χ0) is 23.0. The summed E-state index contributed by atoms with van der Waals surface area (Å²) in [5, 5.41) is 17.5. The molecule has 0 fully saturated rings. The number of tetrazole rings is 1. The molecule has 0 bridgehead atoms. The van der Waals surface area contributed by atoms with Crippen LogP contribution in [-0.2, 0) is 4.79 Å². The summed E-state index contributed by atoms with van der Waals surface area (Å²) >= 11 is 3.37. The lowest BCUT2D eigenvalue weighted by Gasteiger charge is -2.29. The van der Waals surface area contributed by atoms with Crippen LogP contribution in [0.2, 0.25) is 0 Å². The van der Waals surface area contributed by atoms with E-state index in [0.29, 0.717) is 21.4 Å². The maximum atomic E-state index is 13.5. The van der Waals surface area contributed by atoms with E-state index in [-0.39, 0.29) is 17.3 Å². The average Bonchev–Trinajstić information content (AvgIpc) is 3.18. The van der Waals surface area contributed by atoms with E-state index in [1.807, 2.05) is 32.0 Å². The number of benzene rings is 2. The van der Waals surface area contributed by atoms with Gasteiger partial charge in [0.15, 0.2) is 0 Å². The Hall–Kier alpha value is -3.34. The molecule has 1 aromatic heterocycles. The second kappa shape index (κ2) is 8.65. The van der Waals surface area contributed by atoms with Gasteiger partial charge in [0.25, 0.3) is 5.91 Å². The Morgan fingerprint density at radius 1 is 1.22 bits per heavy atom. The van der Waals surface area contributed by atoms with Gasteiger partial charge in [0, 0.05) is 21.4 Å². The molecule has 0 radical (unpaired) electrons. The van der Waals surface area contributed by atoms with Gasteiger partial charge in [-0.1, -0.05) is 38.7 Å². The van der Waals surface area contributed by atoms with Crippen LogP contribution < -0.4 is 15.4 Å². The number of rotatable bonds is 5. The van der Waals surface area contributed by atoms with Gasteiger partial charge in [0.2, 0.25) is 5.95 Å². The van der Waals surface area contributed by atoms with Gasteiger partial charge in [0.05, 0.1) is 5.57 Å². The summed E-state index contributed by atoms with van der Waals surface area (Å²) in [7, 11) is 0. The van der Waals surface area contributed by atoms with E-state index < -0.39 is 18.6 Å². The predicted octanol–water partition coefficient (Wildman–Crippen LogP) is 4.58. The first kappa shape index (κ1) is 21.9. The van der Waals surface area contributed by atoms with Crippen LogP contribution in [0.25, 0.3) is 0 Å². The molecule has 1 aliphatic rings. The number of amides is 1. The van der Waals surface area contributed by atoms with Crippen molar-refractivity contribution in [1.82, 2.24) is 20.2 Å². The van der Waals surface area contributed by atoms with Gasteiger partial charge in [0.1, 0.15) is 11.8 Å². The summed E-state index contributed by atoms with van der Waals surface area (Å²) in [5.41, 5.74) is 3.66. The first-order valence-corrected chi connectivity index (χ1v) is 10.4. The molecule has 2 aromatic carbocycles. The third kappa shape index (κ3) is 4.20. The lowest BCUT2D eigenvalue weighted by molar-refractivity contribution is -0.113. The molecule has 32 heavy (non-hydrogen) atoms. The number of ether oxygens (including phenoxy) is 1. The third-order valence-corrected chi connectivity index (χ3v) is 5.56. The Balaban J connectivity index is 1.82. The zero-order valence-electron chi connectivity index (χ0n) is 17.4. The summed E-state index contributed by atoms with van der Waals surface area (Å²) in [6.07, 6.45) is 0. The van der Waals surface area contributed by atoms with Gasteiger partial charge in [-0.25, -0.2) is 0 Å². The number of alkyl halides is 2. The molecule has 0 saturated carbocycles. The Bertz CT molecular complexity index is 1230. The number of carbonyl (C=O) groups is 1. The van der Waals surface area contributed by atoms with Crippen LogP contribution in [0.1, 0.15) is 29.7 Å². The number of halogens is 3. The Kier molecular flexibility index (Phi) is 5.92. The summed E-state index contributed by atoms with van der Waals surface area (Å²) in [6.45, 7) is 2.52. The van der Waals surface area contributed by atoms with Crippen LogP contribution >= 0.6 is 15.9 Å². The fraction of sp³-hybridized carbons (Fsp3) is 0.238. The van der Waals surface area contributed by atoms with Gasteiger partial charge in [-0.05, 0) is 61.0 Å². The van der Waals surface area contributed by atoms with E-state index in [0.717, 1.165) is 11.1 Å². The van der Waals surface area contributed by atoms with Crippen molar-refractivity contribution in [3.05, 3.63) is 68.8 Å². The highest BCUT2D eigenvalue weighted by Crippen LogP contribution is 2.40. The van der Waals surface area contributed by atoms with Crippen LogP contribution in [-0.4, -0.2) is 32.7 Å². The Labute approximate surface area is 190 Å². The van der Waals surface area contributed by atoms with Crippen LogP contribution in [0.15, 0.2) is 52.1 Å². The van der Waals surface area contributed by atoms with E-state index >= 15 is 0 Å². The maximum absolute atomic E-state index is 13.5. The van der Waals surface area contributed by atoms with Gasteiger partial charge in [-0.2, -0.15) is 13.5 Å². The topological polar surface area (TPSA) is 94.0 Å². The third-order valence-electron chi connectivity index (χ3n) is 5.07. The highest BCUT2D eigenvalue weighted by atomic mass is 79.9. The fourth-order valence-electron chi connectivity index (χ4n) is 3.67. The standard InChI is InChI=1S/C21H19BrF2N6O2/c1-10-4-6-15(11(2)8-10)26-19(31)17-12(3)25-21-27-28-29-30(21)18(17)14-9-13(22)5-7-16(14)32-20(23)24/h4-9,18,20H,1-3H3,(H,26,31)(H,25,27,29)/t18-/m0/s1. The summed E-state index contributed by atoms with van der Waals surface area (Å²) in [5.74, 6) is -0.226. The zero-order valence-corrected chi connectivity index (χ0v) is 18.9. The Morgan fingerprint density at radius 3 is 2.72 bits per heavy atom. The number of nitrogens with one attached hydrogen (secondary N) is 2. The molecule has 8 nitrogen and oxygen atoms in total. The molecule has 0 unspecified atom stereocenters. The molecule has 1 aliphatic heterocycles. The van der Waals surface area contributed by atoms with Crippen LogP contribution in [0.4, 0.5) is 20.4 Å². The average molecular weight is 505 g/mol. The number of fused-ring (bicyclic) bond motifs is 1. The SMILES string of the molecule is CC1=C(C(=O)Nc2ccc(C)cc2C)[C@H](c2cc(Br)ccc2OC(F)F)n2nnnc2N1. The number of aromatic nitrogens is 4. The smallest absolute Gasteiger partial charge is 0.387 e. The van der Waals surface area contributed by atoms with Crippen molar-refractivity contribution in [2.24, 2.45) is 0 Å². The van der Waals surface area contributed by atoms with Crippen molar-refractivity contribution in [2.45, 2.75) is 33.4 Å². The number of anilines is 2. The molecular formula is C21H19BrF2N6O2. The van der Waals surface area contributed by atoms with Gasteiger partial charge in [-0.15, -0.1) is 0 Å². The number of hydrogen-bond donors (Lipinski definition) is 2. The molecule has 1 amide bonds. The second-order valence-electron chi connectivity index (χ2n) is 7.35. The molecule has 2 N–H and O–H groups in total. The van der Waals surface area contributed by atoms with E-state index in [9.17, 15) is 13.6 Å². The number of nitrogens with zero attached hydrogens (tertiary/aromatic N) is 4. The minimum atomic E-state index is -3.04. The molecular weight excluding hydrogens is 486 g/mol. The highest BCUT2D eigenvalue weighted by molar-refractivity contribution is 9.10. The number of carbonyl (C=O) groups excluding carboxylic acids is 1. The van der Waals surface area contributed by atoms with Crippen molar-refractivity contribution < 1.29 is 18.3 Å². The molecule has 0 saturated heterocycles. The summed E-state index contributed by atoms with van der Waals surface area (Å²) < 4.78 is 33.0. The van der Waals surface area contributed by atoms with E-state index in [1.165, 1.54) is 10.7 Å². The number of allylic oxidation sites excluding steroid dienone is 1. The van der Waals surface area contributed by atoms with Gasteiger partial charge in [-0.3, -0.25) is 4.79 Å². The Morgan fingerprint density at radius 2 is 2.00 bits per heavy atom. The van der Waals surface area contributed by atoms with Gasteiger partial charge >= 0.3 is 6.61 Å². The minimum Gasteiger partial charge on any atom is -0.434 e. The van der Waals surface area contributed by atoms with Gasteiger partial charge < -0.3 is 15.4 Å². The maximum Gasteiger partial charge on any atom is 0.387 e. The normalized spacial score (nSPS) is 15.4. The monoisotopic (exact) mass is 504 g/mol. The summed E-state index contributed by atoms with van der Waals surface area (Å²) in [6, 6.07) is 9.35. The van der Waals surface area contributed by atoms with Crippen LogP contribution in [0.3, 0.4) is 0 Å². The number of hydrogen-bond acceptors (Lipinski definition) is 6. The molecule has 166 valence electrons. The largest absolute Gasteiger partial charge is 0.434 e. The molecule has 0 spiro atoms. The van der Waals surface area contributed by atoms with E-state index in [4.69, 9.17) is 4.74 Å². The lowest BCUT2D eigenvalue weighted by atomic mass is 9.94. The van der Waals surface area contributed by atoms with Crippen molar-refractivity contribution in [3.63, 3.8) is 0 Å². The minimum absolute atomic E-state index is 0.0823. The van der Waals surface area contributed by atoms with Crippen LogP contribution in [0, 0.1) is 13.8 Å². The quantitative estimate of drug-likeness (QED) is 0.528. The molecule has 4 rings (SSSR count).